The topological polar surface area (TPSA) is 73.1 Å². The van der Waals surface area contributed by atoms with Crippen LogP contribution < -0.4 is 15.0 Å². The van der Waals surface area contributed by atoms with Crippen LogP contribution in [0.5, 0.6) is 17.5 Å². The molecule has 0 unspecified atom stereocenters. The molecule has 0 radical (unpaired) electrons. The molecule has 1 aliphatic carbocycles. The molecule has 0 spiro atoms. The summed E-state index contributed by atoms with van der Waals surface area (Å²) in [4.78, 5) is 4.90. The first kappa shape index (κ1) is 21.7. The molecule has 170 valence electrons. The van der Waals surface area contributed by atoms with E-state index in [0.717, 1.165) is 44.9 Å². The van der Waals surface area contributed by atoms with Crippen LogP contribution in [0.2, 0.25) is 0 Å². The summed E-state index contributed by atoms with van der Waals surface area (Å²) in [5.74, 6) is 1.28. The van der Waals surface area contributed by atoms with Crippen molar-refractivity contribution in [2.45, 2.75) is 51.7 Å². The highest BCUT2D eigenvalue weighted by Crippen LogP contribution is 2.37. The van der Waals surface area contributed by atoms with Crippen molar-refractivity contribution >= 4 is 11.4 Å². The van der Waals surface area contributed by atoms with Gasteiger partial charge in [0.15, 0.2) is 5.88 Å². The molecule has 4 rings (SSSR count). The second-order valence-corrected chi connectivity index (χ2v) is 8.72. The lowest BCUT2D eigenvalue weighted by atomic mass is 10.2. The zero-order valence-electron chi connectivity index (χ0n) is 18.8. The summed E-state index contributed by atoms with van der Waals surface area (Å²) in [6.45, 7) is 7.31. The Morgan fingerprint density at radius 2 is 1.71 bits per heavy atom. The molecule has 7 nitrogen and oxygen atoms in total. The van der Waals surface area contributed by atoms with E-state index in [9.17, 15) is 10.2 Å². The van der Waals surface area contributed by atoms with Gasteiger partial charge in [0.2, 0.25) is 5.88 Å². The third-order valence-corrected chi connectivity index (χ3v) is 6.73. The number of anilines is 2. The number of benzene rings is 1. The Morgan fingerprint density at radius 3 is 2.39 bits per heavy atom. The van der Waals surface area contributed by atoms with Gasteiger partial charge in [-0.25, -0.2) is 0 Å². The van der Waals surface area contributed by atoms with Crippen LogP contribution in [0.15, 0.2) is 24.3 Å². The standard InChI is InChI=1S/C24H36N4O3/c1-18-22(25-2)24(30)28(23(18)29)13-7-12-26-14-16-27(17-15-26)20-10-5-6-11-21(20)31-19-8-3-4-9-19/h5-6,10-11,19,25,29-30H,3-4,7-9,12-17H2,1-2H3. The van der Waals surface area contributed by atoms with E-state index in [0.29, 0.717) is 23.9 Å². The Labute approximate surface area is 185 Å². The van der Waals surface area contributed by atoms with E-state index >= 15 is 0 Å². The summed E-state index contributed by atoms with van der Waals surface area (Å²) in [6.07, 6.45) is 6.14. The van der Waals surface area contributed by atoms with Gasteiger partial charge in [0.1, 0.15) is 11.4 Å². The van der Waals surface area contributed by atoms with Gasteiger partial charge in [0.05, 0.1) is 11.8 Å². The van der Waals surface area contributed by atoms with Crippen molar-refractivity contribution in [3.63, 3.8) is 0 Å². The van der Waals surface area contributed by atoms with Gasteiger partial charge in [-0.1, -0.05) is 12.1 Å². The summed E-state index contributed by atoms with van der Waals surface area (Å²) >= 11 is 0. The first-order valence-electron chi connectivity index (χ1n) is 11.6. The number of ether oxygens (including phenoxy) is 1. The number of hydrogen-bond acceptors (Lipinski definition) is 6. The molecule has 0 amide bonds. The number of aromatic nitrogens is 1. The van der Waals surface area contributed by atoms with Crippen LogP contribution in [0.4, 0.5) is 11.4 Å². The monoisotopic (exact) mass is 428 g/mol. The predicted molar refractivity (Wildman–Crippen MR) is 125 cm³/mol. The van der Waals surface area contributed by atoms with Gasteiger partial charge in [-0.15, -0.1) is 0 Å². The fourth-order valence-corrected chi connectivity index (χ4v) is 4.90. The van der Waals surface area contributed by atoms with E-state index in [2.05, 4.69) is 39.4 Å². The Morgan fingerprint density at radius 1 is 1.00 bits per heavy atom. The van der Waals surface area contributed by atoms with Crippen molar-refractivity contribution in [2.24, 2.45) is 0 Å². The molecule has 1 saturated heterocycles. The molecule has 0 atom stereocenters. The van der Waals surface area contributed by atoms with E-state index in [1.54, 1.807) is 11.6 Å². The Kier molecular flexibility index (Phi) is 6.80. The highest BCUT2D eigenvalue weighted by atomic mass is 16.5. The molecule has 1 saturated carbocycles. The minimum absolute atomic E-state index is 0.112. The minimum Gasteiger partial charge on any atom is -0.494 e. The van der Waals surface area contributed by atoms with Crippen LogP contribution in [0.3, 0.4) is 0 Å². The lowest BCUT2D eigenvalue weighted by Gasteiger charge is -2.37. The molecule has 2 fully saturated rings. The van der Waals surface area contributed by atoms with Gasteiger partial charge in [0.25, 0.3) is 0 Å². The molecule has 7 heteroatoms. The molecule has 1 aromatic heterocycles. The number of aromatic hydroxyl groups is 2. The predicted octanol–water partition coefficient (Wildman–Crippen LogP) is 3.78. The summed E-state index contributed by atoms with van der Waals surface area (Å²) in [5.41, 5.74) is 2.50. The van der Waals surface area contributed by atoms with E-state index < -0.39 is 0 Å². The maximum Gasteiger partial charge on any atom is 0.218 e. The summed E-state index contributed by atoms with van der Waals surface area (Å²) in [5, 5.41) is 23.6. The number of hydrogen-bond donors (Lipinski definition) is 3. The normalized spacial score (nSPS) is 17.9. The lowest BCUT2D eigenvalue weighted by molar-refractivity contribution is 0.208. The van der Waals surface area contributed by atoms with Crippen LogP contribution >= 0.6 is 0 Å². The van der Waals surface area contributed by atoms with E-state index in [1.807, 2.05) is 6.92 Å². The molecular formula is C24H36N4O3. The number of nitrogens with zero attached hydrogens (tertiary/aromatic N) is 3. The van der Waals surface area contributed by atoms with Crippen molar-refractivity contribution in [3.05, 3.63) is 29.8 Å². The van der Waals surface area contributed by atoms with Gasteiger partial charge in [0, 0.05) is 45.3 Å². The van der Waals surface area contributed by atoms with E-state index in [1.165, 1.54) is 31.4 Å². The highest BCUT2D eigenvalue weighted by molar-refractivity contribution is 5.64. The average molecular weight is 429 g/mol. The second-order valence-electron chi connectivity index (χ2n) is 8.72. The van der Waals surface area contributed by atoms with Crippen LogP contribution in [-0.4, -0.2) is 65.6 Å². The van der Waals surface area contributed by atoms with Crippen LogP contribution in [0, 0.1) is 6.92 Å². The highest BCUT2D eigenvalue weighted by Gasteiger charge is 2.23. The van der Waals surface area contributed by atoms with Crippen molar-refractivity contribution in [3.8, 4) is 17.5 Å². The molecule has 1 aromatic carbocycles. The number of rotatable bonds is 8. The third-order valence-electron chi connectivity index (χ3n) is 6.73. The molecule has 1 aliphatic heterocycles. The summed E-state index contributed by atoms with van der Waals surface area (Å²) < 4.78 is 7.92. The van der Waals surface area contributed by atoms with Crippen molar-refractivity contribution in [2.75, 3.05) is 50.0 Å². The van der Waals surface area contributed by atoms with Gasteiger partial charge in [-0.2, -0.15) is 0 Å². The van der Waals surface area contributed by atoms with Crippen LogP contribution in [0.25, 0.3) is 0 Å². The van der Waals surface area contributed by atoms with E-state index in [-0.39, 0.29) is 11.8 Å². The molecule has 0 bridgehead atoms. The molecular weight excluding hydrogens is 392 g/mol. The van der Waals surface area contributed by atoms with Crippen molar-refractivity contribution in [1.82, 2.24) is 9.47 Å². The number of para-hydroxylation sites is 2. The third kappa shape index (κ3) is 4.71. The molecule has 2 aliphatic rings. The first-order valence-corrected chi connectivity index (χ1v) is 11.6. The summed E-state index contributed by atoms with van der Waals surface area (Å²) in [6, 6.07) is 8.45. The zero-order chi connectivity index (χ0) is 21.8. The SMILES string of the molecule is CNc1c(C)c(O)n(CCCN2CCN(c3ccccc3OC3CCCC3)CC2)c1O. The smallest absolute Gasteiger partial charge is 0.218 e. The van der Waals surface area contributed by atoms with Gasteiger partial charge >= 0.3 is 0 Å². The van der Waals surface area contributed by atoms with Gasteiger partial charge in [-0.05, 0) is 57.7 Å². The lowest BCUT2D eigenvalue weighted by Crippen LogP contribution is -2.46. The maximum atomic E-state index is 10.3. The Balaban J connectivity index is 1.28. The summed E-state index contributed by atoms with van der Waals surface area (Å²) in [7, 11) is 1.75. The van der Waals surface area contributed by atoms with Crippen LogP contribution in [0.1, 0.15) is 37.7 Å². The average Bonchev–Trinajstić information content (AvgIpc) is 3.37. The zero-order valence-corrected chi connectivity index (χ0v) is 18.8. The second kappa shape index (κ2) is 9.73. The Bertz CT molecular complexity index is 868. The quantitative estimate of drug-likeness (QED) is 0.594. The number of piperazine rings is 1. The maximum absolute atomic E-state index is 10.3. The molecule has 2 aromatic rings. The fourth-order valence-electron chi connectivity index (χ4n) is 4.90. The fraction of sp³-hybridized carbons (Fsp3) is 0.583. The van der Waals surface area contributed by atoms with Gasteiger partial charge < -0.3 is 25.2 Å². The first-order chi connectivity index (χ1) is 15.1. The van der Waals surface area contributed by atoms with Crippen molar-refractivity contribution < 1.29 is 14.9 Å². The minimum atomic E-state index is 0.112. The number of nitrogens with one attached hydrogen (secondary N) is 1. The van der Waals surface area contributed by atoms with Crippen molar-refractivity contribution in [1.29, 1.82) is 0 Å². The van der Waals surface area contributed by atoms with Gasteiger partial charge in [-0.3, -0.25) is 9.47 Å². The van der Waals surface area contributed by atoms with E-state index in [4.69, 9.17) is 4.74 Å². The molecule has 3 N–H and O–H groups in total. The largest absolute Gasteiger partial charge is 0.494 e. The molecule has 31 heavy (non-hydrogen) atoms. The van der Waals surface area contributed by atoms with Crippen LogP contribution in [-0.2, 0) is 6.54 Å². The molecule has 2 heterocycles. The Hall–Kier alpha value is -2.54.